The Kier molecular flexibility index (Phi) is 5.53. The van der Waals surface area contributed by atoms with E-state index in [1.165, 1.54) is 6.92 Å². The van der Waals surface area contributed by atoms with Crippen molar-refractivity contribution in [1.82, 2.24) is 10.6 Å². The number of nitrogens with one attached hydrogen (secondary N) is 2. The molecule has 0 aromatic carbocycles. The van der Waals surface area contributed by atoms with Gasteiger partial charge in [-0.05, 0) is 6.92 Å². The van der Waals surface area contributed by atoms with E-state index in [1.54, 1.807) is 0 Å². The Morgan fingerprint density at radius 3 is 2.40 bits per heavy atom. The van der Waals surface area contributed by atoms with Crippen LogP contribution in [0.25, 0.3) is 0 Å². The van der Waals surface area contributed by atoms with Crippen LogP contribution in [0, 0.1) is 0 Å². The van der Waals surface area contributed by atoms with E-state index in [1.807, 2.05) is 5.32 Å². The first kappa shape index (κ1) is 13.6. The number of rotatable bonds is 5. The lowest BCUT2D eigenvalue weighted by atomic mass is 10.3. The standard InChI is InChI=1S/C7H13F2N3O3/c1-3(12-7(10)15)6(14)11-2-4(13)5(8)9/h3-5,13H,2H2,1H3,(H,11,14)(H3,10,12,15). The van der Waals surface area contributed by atoms with Crippen LogP contribution < -0.4 is 16.4 Å². The highest BCUT2D eigenvalue weighted by Gasteiger charge is 2.19. The summed E-state index contributed by atoms with van der Waals surface area (Å²) in [5.74, 6) is -0.700. The fourth-order valence-electron chi connectivity index (χ4n) is 0.726. The predicted molar refractivity (Wildman–Crippen MR) is 47.2 cm³/mol. The van der Waals surface area contributed by atoms with Crippen LogP contribution in [0.5, 0.6) is 0 Å². The van der Waals surface area contributed by atoms with Crippen molar-refractivity contribution < 1.29 is 23.5 Å². The largest absolute Gasteiger partial charge is 0.385 e. The molecule has 0 saturated carbocycles. The number of halogens is 2. The van der Waals surface area contributed by atoms with Gasteiger partial charge in [0.25, 0.3) is 6.43 Å². The summed E-state index contributed by atoms with van der Waals surface area (Å²) in [5, 5.41) is 12.7. The van der Waals surface area contributed by atoms with Crippen LogP contribution in [0.3, 0.4) is 0 Å². The molecule has 0 fully saturated rings. The van der Waals surface area contributed by atoms with Crippen molar-refractivity contribution >= 4 is 11.9 Å². The Balaban J connectivity index is 3.88. The maximum absolute atomic E-state index is 11.8. The number of carbonyl (C=O) groups excluding carboxylic acids is 2. The normalized spacial score (nSPS) is 14.5. The van der Waals surface area contributed by atoms with Gasteiger partial charge in [0.2, 0.25) is 5.91 Å². The summed E-state index contributed by atoms with van der Waals surface area (Å²) >= 11 is 0. The third-order valence-corrected chi connectivity index (χ3v) is 1.53. The van der Waals surface area contributed by atoms with E-state index in [2.05, 4.69) is 5.32 Å². The minimum atomic E-state index is -2.93. The maximum atomic E-state index is 11.8. The summed E-state index contributed by atoms with van der Waals surface area (Å²) < 4.78 is 23.6. The molecule has 0 bridgehead atoms. The average Bonchev–Trinajstić information content (AvgIpc) is 2.12. The highest BCUT2D eigenvalue weighted by atomic mass is 19.3. The highest BCUT2D eigenvalue weighted by Crippen LogP contribution is 1.98. The van der Waals surface area contributed by atoms with Gasteiger partial charge >= 0.3 is 6.03 Å². The van der Waals surface area contributed by atoms with Gasteiger partial charge in [0.05, 0.1) is 0 Å². The Bertz CT molecular complexity index is 238. The molecule has 0 heterocycles. The van der Waals surface area contributed by atoms with Crippen molar-refractivity contribution in [3.05, 3.63) is 0 Å². The van der Waals surface area contributed by atoms with E-state index in [9.17, 15) is 18.4 Å². The third kappa shape index (κ3) is 5.78. The molecule has 0 radical (unpaired) electrons. The maximum Gasteiger partial charge on any atom is 0.312 e. The SMILES string of the molecule is CC(NC(N)=O)C(=O)NCC(O)C(F)F. The van der Waals surface area contributed by atoms with Gasteiger partial charge in [-0.3, -0.25) is 4.79 Å². The number of carbonyl (C=O) groups is 2. The molecule has 6 nitrogen and oxygen atoms in total. The molecule has 2 unspecified atom stereocenters. The first-order valence-corrected chi connectivity index (χ1v) is 4.14. The van der Waals surface area contributed by atoms with E-state index < -0.39 is 37.1 Å². The van der Waals surface area contributed by atoms with Crippen molar-refractivity contribution in [2.75, 3.05) is 6.54 Å². The van der Waals surface area contributed by atoms with E-state index in [0.717, 1.165) is 0 Å². The number of amides is 3. The second-order valence-corrected chi connectivity index (χ2v) is 2.88. The number of aliphatic hydroxyl groups is 1. The second kappa shape index (κ2) is 6.12. The minimum absolute atomic E-state index is 0.582. The lowest BCUT2D eigenvalue weighted by molar-refractivity contribution is -0.123. The molecule has 0 rings (SSSR count). The van der Waals surface area contributed by atoms with Gasteiger partial charge in [-0.2, -0.15) is 0 Å². The van der Waals surface area contributed by atoms with Gasteiger partial charge in [-0.15, -0.1) is 0 Å². The van der Waals surface area contributed by atoms with E-state index >= 15 is 0 Å². The zero-order valence-electron chi connectivity index (χ0n) is 8.04. The van der Waals surface area contributed by atoms with Crippen LogP contribution in [0.2, 0.25) is 0 Å². The van der Waals surface area contributed by atoms with Crippen LogP contribution in [0.15, 0.2) is 0 Å². The molecule has 0 spiro atoms. The average molecular weight is 225 g/mol. The number of alkyl halides is 2. The number of aliphatic hydroxyl groups excluding tert-OH is 1. The van der Waals surface area contributed by atoms with Gasteiger partial charge in [-0.25, -0.2) is 13.6 Å². The monoisotopic (exact) mass is 225 g/mol. The van der Waals surface area contributed by atoms with Crippen molar-refractivity contribution in [2.24, 2.45) is 5.73 Å². The second-order valence-electron chi connectivity index (χ2n) is 2.88. The van der Waals surface area contributed by atoms with Crippen LogP contribution >= 0.6 is 0 Å². The van der Waals surface area contributed by atoms with Gasteiger partial charge in [-0.1, -0.05) is 0 Å². The molecular formula is C7H13F2N3O3. The number of hydrogen-bond acceptors (Lipinski definition) is 3. The molecule has 0 aliphatic carbocycles. The van der Waals surface area contributed by atoms with E-state index in [-0.39, 0.29) is 0 Å². The van der Waals surface area contributed by atoms with E-state index in [4.69, 9.17) is 10.8 Å². The van der Waals surface area contributed by atoms with Crippen molar-refractivity contribution in [2.45, 2.75) is 25.5 Å². The molecule has 8 heteroatoms. The predicted octanol–water partition coefficient (Wildman–Crippen LogP) is -1.21. The van der Waals surface area contributed by atoms with Crippen molar-refractivity contribution in [3.63, 3.8) is 0 Å². The Labute approximate surface area is 84.8 Å². The number of urea groups is 1. The Morgan fingerprint density at radius 1 is 1.47 bits per heavy atom. The van der Waals surface area contributed by atoms with Crippen LogP contribution in [0.4, 0.5) is 13.6 Å². The molecule has 3 amide bonds. The number of primary amides is 1. The Morgan fingerprint density at radius 2 is 2.00 bits per heavy atom. The highest BCUT2D eigenvalue weighted by molar-refractivity contribution is 5.86. The fraction of sp³-hybridized carbons (Fsp3) is 0.714. The van der Waals surface area contributed by atoms with Crippen molar-refractivity contribution in [3.8, 4) is 0 Å². The van der Waals surface area contributed by atoms with Crippen LogP contribution in [0.1, 0.15) is 6.92 Å². The lowest BCUT2D eigenvalue weighted by Gasteiger charge is -2.14. The van der Waals surface area contributed by atoms with Gasteiger partial charge in [0.15, 0.2) is 0 Å². The van der Waals surface area contributed by atoms with Gasteiger partial charge in [0, 0.05) is 6.54 Å². The zero-order chi connectivity index (χ0) is 12.0. The zero-order valence-corrected chi connectivity index (χ0v) is 8.04. The first-order chi connectivity index (χ1) is 6.84. The molecule has 0 aromatic rings. The summed E-state index contributed by atoms with van der Waals surface area (Å²) in [4.78, 5) is 21.4. The number of nitrogens with two attached hydrogens (primary N) is 1. The number of hydrogen-bond donors (Lipinski definition) is 4. The molecule has 2 atom stereocenters. The topological polar surface area (TPSA) is 104 Å². The Hall–Kier alpha value is -1.44. The molecule has 0 aliphatic rings. The molecule has 88 valence electrons. The molecule has 5 N–H and O–H groups in total. The third-order valence-electron chi connectivity index (χ3n) is 1.53. The lowest BCUT2D eigenvalue weighted by Crippen LogP contribution is -2.48. The van der Waals surface area contributed by atoms with Gasteiger partial charge < -0.3 is 21.5 Å². The summed E-state index contributed by atoms with van der Waals surface area (Å²) in [5.41, 5.74) is 4.74. The van der Waals surface area contributed by atoms with Crippen LogP contribution in [-0.2, 0) is 4.79 Å². The molecular weight excluding hydrogens is 212 g/mol. The molecule has 0 aliphatic heterocycles. The van der Waals surface area contributed by atoms with E-state index in [0.29, 0.717) is 0 Å². The molecule has 0 aromatic heterocycles. The summed E-state index contributed by atoms with van der Waals surface area (Å²) in [6.07, 6.45) is -4.85. The summed E-state index contributed by atoms with van der Waals surface area (Å²) in [7, 11) is 0. The summed E-state index contributed by atoms with van der Waals surface area (Å²) in [6.45, 7) is 0.746. The quantitative estimate of drug-likeness (QED) is 0.471. The van der Waals surface area contributed by atoms with Crippen molar-refractivity contribution in [1.29, 1.82) is 0 Å². The van der Waals surface area contributed by atoms with Gasteiger partial charge in [0.1, 0.15) is 12.1 Å². The molecule has 0 saturated heterocycles. The smallest absolute Gasteiger partial charge is 0.312 e. The van der Waals surface area contributed by atoms with Crippen LogP contribution in [-0.4, -0.2) is 42.2 Å². The summed E-state index contributed by atoms with van der Waals surface area (Å²) in [6, 6.07) is -1.83. The molecule has 15 heavy (non-hydrogen) atoms. The minimum Gasteiger partial charge on any atom is -0.385 e. The first-order valence-electron chi connectivity index (χ1n) is 4.14. The fourth-order valence-corrected chi connectivity index (χ4v) is 0.726.